The second-order valence-electron chi connectivity index (χ2n) is 6.58. The van der Waals surface area contributed by atoms with Crippen molar-refractivity contribution in [1.29, 1.82) is 0 Å². The first kappa shape index (κ1) is 17.9. The molecule has 1 aromatic rings. The van der Waals surface area contributed by atoms with Crippen LogP contribution < -0.4 is 9.64 Å². The highest BCUT2D eigenvalue weighted by molar-refractivity contribution is 6.27. The molecule has 1 fully saturated rings. The zero-order valence-corrected chi connectivity index (χ0v) is 14.3. The molecule has 2 rings (SSSR count). The third-order valence-electron chi connectivity index (χ3n) is 3.66. The van der Waals surface area contributed by atoms with Crippen LogP contribution in [0.5, 0.6) is 5.75 Å². The number of ether oxygens (including phenoxy) is 2. The van der Waals surface area contributed by atoms with E-state index in [-0.39, 0.29) is 5.69 Å². The van der Waals surface area contributed by atoms with Gasteiger partial charge in [-0.05, 0) is 52.0 Å². The summed E-state index contributed by atoms with van der Waals surface area (Å²) in [7, 11) is 1.48. The van der Waals surface area contributed by atoms with Crippen LogP contribution in [-0.2, 0) is 19.1 Å². The lowest BCUT2D eigenvalue weighted by Crippen LogP contribution is -2.78. The van der Waals surface area contributed by atoms with Crippen molar-refractivity contribution in [3.63, 3.8) is 0 Å². The Labute approximate surface area is 139 Å². The van der Waals surface area contributed by atoms with Gasteiger partial charge in [-0.25, -0.2) is 9.18 Å². The molecule has 1 heterocycles. The Hall–Kier alpha value is -2.44. The number of Topliss-reactive ketones (excluding diaryl/α,β-unsaturated/α-hetero) is 1. The van der Waals surface area contributed by atoms with Gasteiger partial charge in [0, 0.05) is 5.69 Å². The van der Waals surface area contributed by atoms with Crippen LogP contribution >= 0.6 is 0 Å². The van der Waals surface area contributed by atoms with Gasteiger partial charge in [-0.1, -0.05) is 0 Å². The Morgan fingerprint density at radius 3 is 2.17 bits per heavy atom. The topological polar surface area (TPSA) is 72.9 Å². The molecule has 2 atom stereocenters. The molecule has 0 bridgehead atoms. The number of ketones is 1. The third kappa shape index (κ3) is 2.86. The molecular weight excluding hydrogens is 317 g/mol. The van der Waals surface area contributed by atoms with Gasteiger partial charge in [0.05, 0.1) is 7.11 Å². The van der Waals surface area contributed by atoms with E-state index in [0.29, 0.717) is 5.75 Å². The molecule has 0 N–H and O–H groups in total. The van der Waals surface area contributed by atoms with Crippen LogP contribution in [0.4, 0.5) is 10.1 Å². The molecule has 1 aliphatic heterocycles. The lowest BCUT2D eigenvalue weighted by molar-refractivity contribution is -0.173. The number of anilines is 1. The largest absolute Gasteiger partial charge is 0.497 e. The second-order valence-corrected chi connectivity index (χ2v) is 6.58. The van der Waals surface area contributed by atoms with E-state index in [1.54, 1.807) is 32.9 Å². The molecule has 1 aromatic carbocycles. The second kappa shape index (κ2) is 5.89. The monoisotopic (exact) mass is 337 g/mol. The Balaban J connectivity index is 2.40. The van der Waals surface area contributed by atoms with Crippen LogP contribution in [0.25, 0.3) is 0 Å². The average molecular weight is 337 g/mol. The van der Waals surface area contributed by atoms with Crippen LogP contribution in [0.3, 0.4) is 0 Å². The number of benzene rings is 1. The van der Waals surface area contributed by atoms with Crippen LogP contribution in [-0.4, -0.2) is 42.1 Å². The normalized spacial score (nSPS) is 23.5. The molecular formula is C17H20FNO5. The summed E-state index contributed by atoms with van der Waals surface area (Å²) in [6, 6.07) is 4.51. The zero-order chi connectivity index (χ0) is 18.3. The summed E-state index contributed by atoms with van der Waals surface area (Å²) in [4.78, 5) is 37.2. The SMILES string of the molecule is COc1ccc(N2C(=O)[C@@](F)(C(C)=O)[C@H]2C(=O)OC(C)(C)C)cc1. The number of nitrogens with zero attached hydrogens (tertiary/aromatic N) is 1. The number of hydrogen-bond donors (Lipinski definition) is 0. The lowest BCUT2D eigenvalue weighted by Gasteiger charge is -2.48. The molecule has 0 unspecified atom stereocenters. The smallest absolute Gasteiger partial charge is 0.334 e. The van der Waals surface area contributed by atoms with Gasteiger partial charge in [0.2, 0.25) is 0 Å². The molecule has 24 heavy (non-hydrogen) atoms. The van der Waals surface area contributed by atoms with Crippen LogP contribution in [0, 0.1) is 0 Å². The van der Waals surface area contributed by atoms with Crippen molar-refractivity contribution in [3.8, 4) is 5.75 Å². The van der Waals surface area contributed by atoms with Crippen molar-refractivity contribution >= 4 is 23.3 Å². The average Bonchev–Trinajstić information content (AvgIpc) is 2.49. The fourth-order valence-corrected chi connectivity index (χ4v) is 2.50. The van der Waals surface area contributed by atoms with E-state index in [9.17, 15) is 18.8 Å². The number of β-lactam (4-membered cyclic amide) rings is 1. The number of alkyl halides is 1. The van der Waals surface area contributed by atoms with Crippen LogP contribution in [0.15, 0.2) is 24.3 Å². The maximum Gasteiger partial charge on any atom is 0.334 e. The first-order chi connectivity index (χ1) is 11.0. The van der Waals surface area contributed by atoms with Gasteiger partial charge in [-0.2, -0.15) is 0 Å². The first-order valence-corrected chi connectivity index (χ1v) is 7.43. The molecule has 6 nitrogen and oxygen atoms in total. The molecule has 130 valence electrons. The third-order valence-corrected chi connectivity index (χ3v) is 3.66. The Morgan fingerprint density at radius 1 is 1.21 bits per heavy atom. The predicted octanol–water partition coefficient (Wildman–Crippen LogP) is 2.05. The molecule has 1 aliphatic rings. The summed E-state index contributed by atoms with van der Waals surface area (Å²) in [6.45, 7) is 5.81. The van der Waals surface area contributed by atoms with Crippen molar-refractivity contribution in [1.82, 2.24) is 0 Å². The maximum absolute atomic E-state index is 14.9. The van der Waals surface area contributed by atoms with Gasteiger partial charge >= 0.3 is 5.97 Å². The van der Waals surface area contributed by atoms with Gasteiger partial charge in [0.15, 0.2) is 11.8 Å². The molecule has 1 saturated heterocycles. The maximum atomic E-state index is 14.9. The van der Waals surface area contributed by atoms with Crippen molar-refractivity contribution in [3.05, 3.63) is 24.3 Å². The van der Waals surface area contributed by atoms with Crippen LogP contribution in [0.2, 0.25) is 0 Å². The van der Waals surface area contributed by atoms with E-state index in [2.05, 4.69) is 0 Å². The van der Waals surface area contributed by atoms with E-state index in [1.165, 1.54) is 19.2 Å². The van der Waals surface area contributed by atoms with Gasteiger partial charge < -0.3 is 9.47 Å². The number of esters is 1. The molecule has 1 amide bonds. The molecule has 0 aliphatic carbocycles. The summed E-state index contributed by atoms with van der Waals surface area (Å²) >= 11 is 0. The van der Waals surface area contributed by atoms with E-state index >= 15 is 0 Å². The number of carbonyl (C=O) groups is 3. The minimum absolute atomic E-state index is 0.284. The highest BCUT2D eigenvalue weighted by Gasteiger charge is 2.70. The zero-order valence-electron chi connectivity index (χ0n) is 14.3. The number of carbonyl (C=O) groups excluding carboxylic acids is 3. The van der Waals surface area contributed by atoms with Crippen molar-refractivity contribution < 1.29 is 28.2 Å². The number of rotatable bonds is 4. The van der Waals surface area contributed by atoms with Gasteiger partial charge in [0.25, 0.3) is 11.6 Å². The summed E-state index contributed by atoms with van der Waals surface area (Å²) < 4.78 is 25.1. The standard InChI is InChI=1S/C17H20FNO5/c1-10(20)17(18)13(14(21)24-16(2,3)4)19(15(17)22)11-6-8-12(23-5)9-7-11/h6-9,13H,1-5H3/t13-,17-/m1/s1. The predicted molar refractivity (Wildman–Crippen MR) is 84.6 cm³/mol. The van der Waals surface area contributed by atoms with E-state index in [1.807, 2.05) is 0 Å². The molecule has 0 aromatic heterocycles. The highest BCUT2D eigenvalue weighted by Crippen LogP contribution is 2.41. The Kier molecular flexibility index (Phi) is 4.39. The molecule has 0 spiro atoms. The van der Waals surface area contributed by atoms with E-state index in [0.717, 1.165) is 11.8 Å². The lowest BCUT2D eigenvalue weighted by atomic mass is 9.80. The van der Waals surface area contributed by atoms with Crippen molar-refractivity contribution in [2.45, 2.75) is 45.0 Å². The first-order valence-electron chi connectivity index (χ1n) is 7.43. The fourth-order valence-electron chi connectivity index (χ4n) is 2.50. The Morgan fingerprint density at radius 2 is 1.75 bits per heavy atom. The van der Waals surface area contributed by atoms with Crippen LogP contribution in [0.1, 0.15) is 27.7 Å². The minimum atomic E-state index is -2.90. The van der Waals surface area contributed by atoms with E-state index < -0.39 is 35.0 Å². The number of amides is 1. The quantitative estimate of drug-likeness (QED) is 0.478. The number of methoxy groups -OCH3 is 1. The molecule has 0 radical (unpaired) electrons. The minimum Gasteiger partial charge on any atom is -0.497 e. The van der Waals surface area contributed by atoms with Gasteiger partial charge in [0.1, 0.15) is 11.4 Å². The molecule has 7 heteroatoms. The van der Waals surface area contributed by atoms with E-state index in [4.69, 9.17) is 9.47 Å². The van der Waals surface area contributed by atoms with Crippen molar-refractivity contribution in [2.75, 3.05) is 12.0 Å². The Bertz CT molecular complexity index is 679. The summed E-state index contributed by atoms with van der Waals surface area (Å²) in [6.07, 6.45) is 0. The fraction of sp³-hybridized carbons (Fsp3) is 0.471. The summed E-state index contributed by atoms with van der Waals surface area (Å²) in [5, 5.41) is 0. The van der Waals surface area contributed by atoms with Crippen molar-refractivity contribution in [2.24, 2.45) is 0 Å². The summed E-state index contributed by atoms with van der Waals surface area (Å²) in [5.41, 5.74) is -3.49. The number of hydrogen-bond acceptors (Lipinski definition) is 5. The van der Waals surface area contributed by atoms with Gasteiger partial charge in [-0.3, -0.25) is 14.5 Å². The summed E-state index contributed by atoms with van der Waals surface area (Å²) in [5.74, 6) is -2.52. The number of halogens is 1. The molecule has 0 saturated carbocycles. The van der Waals surface area contributed by atoms with Gasteiger partial charge in [-0.15, -0.1) is 0 Å². The highest BCUT2D eigenvalue weighted by atomic mass is 19.1.